The number of rotatable bonds is 33. The highest BCUT2D eigenvalue weighted by Crippen LogP contribution is 2.24. The third-order valence-electron chi connectivity index (χ3n) is 7.91. The van der Waals surface area contributed by atoms with Crippen molar-refractivity contribution in [2.24, 2.45) is 17.2 Å². The second kappa shape index (κ2) is 55.0. The van der Waals surface area contributed by atoms with E-state index in [-0.39, 0.29) is 138 Å². The van der Waals surface area contributed by atoms with Gasteiger partial charge < -0.3 is 78.6 Å². The maximum Gasteiger partial charge on any atom is 0.329 e. The van der Waals surface area contributed by atoms with Crippen molar-refractivity contribution < 1.29 is 97.6 Å². The van der Waals surface area contributed by atoms with E-state index in [4.69, 9.17) is 57.3 Å². The number of aliphatic carboxylic acids is 6. The van der Waals surface area contributed by atoms with E-state index in [0.29, 0.717) is 0 Å². The minimum absolute atomic E-state index is 0. The van der Waals surface area contributed by atoms with E-state index in [9.17, 15) is 57.5 Å². The number of nitrogens with two attached hydrogens (primary N) is 3. The minimum Gasteiger partial charge on any atom is -0.481 e. The van der Waals surface area contributed by atoms with Crippen molar-refractivity contribution in [2.45, 2.75) is 195 Å². The summed E-state index contributed by atoms with van der Waals surface area (Å²) in [6.45, 7) is 2.82. The van der Waals surface area contributed by atoms with Crippen molar-refractivity contribution in [1.82, 2.24) is 21.3 Å². The number of carboxylic acids is 6. The maximum absolute atomic E-state index is 13.2. The Balaban J connectivity index is -0.000000173. The molecular weight excluding hydrogens is 1020 g/mol. The van der Waals surface area contributed by atoms with Crippen LogP contribution in [-0.4, -0.2) is 169 Å². The van der Waals surface area contributed by atoms with Gasteiger partial charge in [-0.15, -0.1) is 0 Å². The summed E-state index contributed by atoms with van der Waals surface area (Å²) < 4.78 is 10.0. The first-order valence-electron chi connectivity index (χ1n) is 19.2. The molecule has 0 saturated heterocycles. The Hall–Kier alpha value is -5.78. The van der Waals surface area contributed by atoms with Crippen LogP contribution in [0.3, 0.4) is 0 Å². The standard InChI is InChI=1S/C30H48N6O16S2.C5H9NO4.10CH4/c1-3-51-29(49)19(35-25(43)17(7-11-23(39)40)33-21(37)9-5-15(31)27(45)46)13-53-54-14-20(30(50)52-4-2)36-26(44)18(8-12-24(41)42)34-22(38)10-6-16(32)28(47)48;6-3(5(9)10)1-2-4(7)8;;;;;;;;;;/h15-20H,3-14,31-32H2,1-2H3,(H,33,37)(H,34,38)(H,35,43)(H,36,44)(H,39,40)(H,41,42)(H,45,46)(H,47,48);3H,1-2,6H2,(H,7,8)(H,9,10);10*1H4. The number of hydrogen-bond donors (Lipinski definition) is 13. The molecule has 444 valence electrons. The Bertz CT molecular complexity index is 1530. The smallest absolute Gasteiger partial charge is 0.329 e. The second-order valence-corrected chi connectivity index (χ2v) is 15.7. The van der Waals surface area contributed by atoms with Crippen molar-refractivity contribution in [1.29, 1.82) is 0 Å². The number of nitrogens with one attached hydrogen (secondary N) is 4. The van der Waals surface area contributed by atoms with Crippen LogP contribution in [0.1, 0.15) is 152 Å². The fraction of sp³-hybridized carbons (Fsp3) is 0.733. The van der Waals surface area contributed by atoms with Gasteiger partial charge in [-0.05, 0) is 46.0 Å². The number of hydrogen-bond acceptors (Lipinski definition) is 19. The first kappa shape index (κ1) is 97.5. The van der Waals surface area contributed by atoms with Gasteiger partial charge in [-0.25, -0.2) is 9.59 Å². The summed E-state index contributed by atoms with van der Waals surface area (Å²) in [7, 11) is 1.87. The van der Waals surface area contributed by atoms with Crippen LogP contribution in [0.4, 0.5) is 0 Å². The molecule has 27 nitrogen and oxygen atoms in total. The number of amides is 4. The van der Waals surface area contributed by atoms with Crippen LogP contribution < -0.4 is 38.5 Å². The molecule has 7 atom stereocenters. The van der Waals surface area contributed by atoms with E-state index in [1.54, 1.807) is 0 Å². The average molecular weight is 1120 g/mol. The highest BCUT2D eigenvalue weighted by atomic mass is 33.1. The first-order valence-corrected chi connectivity index (χ1v) is 21.7. The first-order chi connectivity index (χ1) is 29.9. The molecule has 0 saturated carbocycles. The zero-order chi connectivity index (χ0) is 49.5. The minimum atomic E-state index is -1.45. The Morgan fingerprint density at radius 1 is 0.392 bits per heavy atom. The fourth-order valence-corrected chi connectivity index (χ4v) is 6.73. The Kier molecular flexibility index (Phi) is 72.5. The molecule has 0 aromatic heterocycles. The lowest BCUT2D eigenvalue weighted by molar-refractivity contribution is -0.147. The molecule has 74 heavy (non-hydrogen) atoms. The Labute approximate surface area is 447 Å². The van der Waals surface area contributed by atoms with Crippen LogP contribution >= 0.6 is 21.6 Å². The maximum atomic E-state index is 13.2. The Morgan fingerprint density at radius 3 is 0.865 bits per heavy atom. The van der Waals surface area contributed by atoms with Gasteiger partial charge >= 0.3 is 47.8 Å². The number of ether oxygens (including phenoxy) is 2. The second-order valence-electron chi connectivity index (χ2n) is 13.1. The zero-order valence-corrected chi connectivity index (χ0v) is 36.5. The molecule has 0 aromatic rings. The molecule has 0 bridgehead atoms. The number of carbonyl (C=O) groups excluding carboxylic acids is 6. The summed E-state index contributed by atoms with van der Waals surface area (Å²) in [6.07, 6.45) is -3.46. The van der Waals surface area contributed by atoms with Gasteiger partial charge in [-0.3, -0.25) is 47.9 Å². The molecule has 0 aliphatic rings. The van der Waals surface area contributed by atoms with Crippen LogP contribution in [0.15, 0.2) is 0 Å². The largest absolute Gasteiger partial charge is 0.481 e. The van der Waals surface area contributed by atoms with Gasteiger partial charge in [-0.2, -0.15) is 0 Å². The van der Waals surface area contributed by atoms with Gasteiger partial charge in [-0.1, -0.05) is 95.9 Å². The van der Waals surface area contributed by atoms with E-state index in [0.717, 1.165) is 21.6 Å². The average Bonchev–Trinajstić information content (AvgIpc) is 3.21. The summed E-state index contributed by atoms with van der Waals surface area (Å²) in [4.78, 5) is 141. The Morgan fingerprint density at radius 2 is 0.635 bits per heavy atom. The van der Waals surface area contributed by atoms with Gasteiger partial charge in [0.2, 0.25) is 23.6 Å². The molecule has 4 amide bonds. The van der Waals surface area contributed by atoms with Gasteiger partial charge in [0.15, 0.2) is 0 Å². The van der Waals surface area contributed by atoms with Crippen LogP contribution in [0.2, 0.25) is 0 Å². The van der Waals surface area contributed by atoms with E-state index >= 15 is 0 Å². The lowest BCUT2D eigenvalue weighted by Gasteiger charge is -2.23. The fourth-order valence-electron chi connectivity index (χ4n) is 4.43. The van der Waals surface area contributed by atoms with E-state index in [1.807, 2.05) is 0 Å². The quantitative estimate of drug-likeness (QED) is 0.0255. The zero-order valence-electron chi connectivity index (χ0n) is 34.9. The van der Waals surface area contributed by atoms with Crippen LogP contribution in [0.25, 0.3) is 0 Å². The highest BCUT2D eigenvalue weighted by Gasteiger charge is 2.31. The van der Waals surface area contributed by atoms with Crippen LogP contribution in [-0.2, 0) is 67.0 Å². The summed E-state index contributed by atoms with van der Waals surface area (Å²) in [6, 6.07) is -9.39. The summed E-state index contributed by atoms with van der Waals surface area (Å²) in [5.41, 5.74) is 15.8. The molecular formula is C45H97N7O20S2. The molecule has 0 spiro atoms. The predicted molar refractivity (Wildman–Crippen MR) is 289 cm³/mol. The number of carboxylic acid groups (broad SMARTS) is 6. The molecule has 0 radical (unpaired) electrons. The van der Waals surface area contributed by atoms with E-state index < -0.39 is 139 Å². The van der Waals surface area contributed by atoms with Crippen LogP contribution in [0.5, 0.6) is 0 Å². The van der Waals surface area contributed by atoms with E-state index in [1.165, 1.54) is 13.8 Å². The monoisotopic (exact) mass is 1120 g/mol. The van der Waals surface area contributed by atoms with Gasteiger partial charge in [0.25, 0.3) is 0 Å². The van der Waals surface area contributed by atoms with Crippen molar-refractivity contribution in [2.75, 3.05) is 24.7 Å². The lowest BCUT2D eigenvalue weighted by Crippen LogP contribution is -2.53. The normalized spacial score (nSPS) is 12.0. The number of esters is 2. The summed E-state index contributed by atoms with van der Waals surface area (Å²) >= 11 is 0. The molecule has 7 unspecified atom stereocenters. The topological polar surface area (TPSA) is 471 Å². The molecule has 0 rings (SSSR count). The van der Waals surface area contributed by atoms with Gasteiger partial charge in [0, 0.05) is 43.6 Å². The third-order valence-corrected chi connectivity index (χ3v) is 10.3. The third kappa shape index (κ3) is 48.5. The highest BCUT2D eigenvalue weighted by molar-refractivity contribution is 8.76. The van der Waals surface area contributed by atoms with Crippen LogP contribution in [0, 0.1) is 0 Å². The van der Waals surface area contributed by atoms with Gasteiger partial charge in [0.1, 0.15) is 42.3 Å². The summed E-state index contributed by atoms with van der Waals surface area (Å²) in [5.74, 6) is -13.2. The molecule has 16 N–H and O–H groups in total. The van der Waals surface area contributed by atoms with Gasteiger partial charge in [0.05, 0.1) is 13.2 Å². The van der Waals surface area contributed by atoms with Crippen molar-refractivity contribution >= 4 is 93.0 Å². The molecule has 0 heterocycles. The molecule has 0 aliphatic heterocycles. The van der Waals surface area contributed by atoms with E-state index in [2.05, 4.69) is 21.3 Å². The van der Waals surface area contributed by atoms with Crippen molar-refractivity contribution in [3.05, 3.63) is 0 Å². The molecule has 0 aliphatic carbocycles. The molecule has 29 heteroatoms. The number of carbonyl (C=O) groups is 12. The molecule has 0 aromatic carbocycles. The molecule has 0 fully saturated rings. The predicted octanol–water partition coefficient (Wildman–Crippen LogP) is 3.17. The lowest BCUT2D eigenvalue weighted by atomic mass is 10.1. The van der Waals surface area contributed by atoms with Crippen molar-refractivity contribution in [3.63, 3.8) is 0 Å². The SMILES string of the molecule is C.C.C.C.C.C.C.C.C.C.CCOC(=O)C(CSSCC(NC(=O)C(CCC(=O)O)NC(=O)CCC(N)C(=O)O)C(=O)OCC)NC(=O)C(CCC(=O)O)NC(=O)CCC(N)C(=O)O.NC(CCC(=O)O)C(=O)O. The summed E-state index contributed by atoms with van der Waals surface area (Å²) in [5, 5.41) is 61.8. The van der Waals surface area contributed by atoms with Crippen molar-refractivity contribution in [3.8, 4) is 0 Å².